The molecule has 0 bridgehead atoms. The number of aryl methyl sites for hydroxylation is 1. The molecule has 1 aromatic heterocycles. The van der Waals surface area contributed by atoms with Gasteiger partial charge in [-0.3, -0.25) is 4.90 Å². The van der Waals surface area contributed by atoms with Crippen molar-refractivity contribution in [2.24, 2.45) is 5.92 Å². The fourth-order valence-electron chi connectivity index (χ4n) is 3.29. The number of hydrogen-bond donors (Lipinski definition) is 2. The SMILES string of the molecule is O[C@@H](CCc1ccccc1)C1CCN(Cc2ncc[nH]2)CC1. The maximum absolute atomic E-state index is 10.4. The largest absolute Gasteiger partial charge is 0.393 e. The average molecular weight is 299 g/mol. The van der Waals surface area contributed by atoms with Gasteiger partial charge in [0.15, 0.2) is 0 Å². The van der Waals surface area contributed by atoms with Crippen LogP contribution >= 0.6 is 0 Å². The molecule has 1 aromatic carbocycles. The van der Waals surface area contributed by atoms with Gasteiger partial charge >= 0.3 is 0 Å². The first-order valence-corrected chi connectivity index (χ1v) is 8.24. The van der Waals surface area contributed by atoms with Crippen molar-refractivity contribution in [3.63, 3.8) is 0 Å². The number of aliphatic hydroxyl groups excluding tert-OH is 1. The first-order valence-electron chi connectivity index (χ1n) is 8.24. The van der Waals surface area contributed by atoms with Crippen molar-refractivity contribution < 1.29 is 5.11 Å². The molecule has 0 radical (unpaired) electrons. The van der Waals surface area contributed by atoms with Crippen molar-refractivity contribution in [2.75, 3.05) is 13.1 Å². The van der Waals surface area contributed by atoms with Crippen LogP contribution in [0, 0.1) is 5.92 Å². The Balaban J connectivity index is 1.40. The summed E-state index contributed by atoms with van der Waals surface area (Å²) < 4.78 is 0. The predicted octanol–water partition coefficient (Wildman–Crippen LogP) is 2.62. The summed E-state index contributed by atoms with van der Waals surface area (Å²) in [5.74, 6) is 1.47. The molecule has 1 atom stereocenters. The summed E-state index contributed by atoms with van der Waals surface area (Å²) in [6.07, 6.45) is 7.49. The molecule has 1 saturated heterocycles. The third-order valence-corrected chi connectivity index (χ3v) is 4.68. The van der Waals surface area contributed by atoms with Gasteiger partial charge in [0.05, 0.1) is 12.6 Å². The Morgan fingerprint density at radius 3 is 2.68 bits per heavy atom. The van der Waals surface area contributed by atoms with E-state index in [0.29, 0.717) is 5.92 Å². The lowest BCUT2D eigenvalue weighted by molar-refractivity contribution is 0.0513. The van der Waals surface area contributed by atoms with Crippen LogP contribution in [0.4, 0.5) is 0 Å². The van der Waals surface area contributed by atoms with Gasteiger partial charge in [0.2, 0.25) is 0 Å². The van der Waals surface area contributed by atoms with E-state index in [0.717, 1.165) is 51.1 Å². The molecule has 1 aliphatic heterocycles. The van der Waals surface area contributed by atoms with E-state index in [4.69, 9.17) is 0 Å². The monoisotopic (exact) mass is 299 g/mol. The molecule has 4 nitrogen and oxygen atoms in total. The van der Waals surface area contributed by atoms with E-state index in [1.165, 1.54) is 5.56 Å². The summed E-state index contributed by atoms with van der Waals surface area (Å²) in [4.78, 5) is 9.85. The third-order valence-electron chi connectivity index (χ3n) is 4.68. The first kappa shape index (κ1) is 15.3. The smallest absolute Gasteiger partial charge is 0.120 e. The van der Waals surface area contributed by atoms with Crippen LogP contribution < -0.4 is 0 Å². The Morgan fingerprint density at radius 1 is 1.23 bits per heavy atom. The number of aliphatic hydroxyl groups is 1. The van der Waals surface area contributed by atoms with Crippen LogP contribution in [0.1, 0.15) is 30.7 Å². The minimum absolute atomic E-state index is 0.175. The maximum atomic E-state index is 10.4. The molecule has 1 aliphatic rings. The van der Waals surface area contributed by atoms with E-state index < -0.39 is 0 Å². The molecule has 0 spiro atoms. The summed E-state index contributed by atoms with van der Waals surface area (Å²) >= 11 is 0. The number of H-pyrrole nitrogens is 1. The summed E-state index contributed by atoms with van der Waals surface area (Å²) in [5, 5.41) is 10.4. The summed E-state index contributed by atoms with van der Waals surface area (Å²) in [6, 6.07) is 10.4. The van der Waals surface area contributed by atoms with Crippen molar-refractivity contribution in [1.29, 1.82) is 0 Å². The van der Waals surface area contributed by atoms with Gasteiger partial charge < -0.3 is 10.1 Å². The molecule has 1 fully saturated rings. The quantitative estimate of drug-likeness (QED) is 0.862. The van der Waals surface area contributed by atoms with E-state index in [9.17, 15) is 5.11 Å². The van der Waals surface area contributed by atoms with Crippen LogP contribution in [0.25, 0.3) is 0 Å². The van der Waals surface area contributed by atoms with Gasteiger partial charge in [0.1, 0.15) is 5.82 Å². The van der Waals surface area contributed by atoms with Crippen molar-refractivity contribution in [3.05, 3.63) is 54.1 Å². The maximum Gasteiger partial charge on any atom is 0.120 e. The topological polar surface area (TPSA) is 52.1 Å². The van der Waals surface area contributed by atoms with Gasteiger partial charge in [0.25, 0.3) is 0 Å². The first-order chi connectivity index (χ1) is 10.8. The molecule has 4 heteroatoms. The van der Waals surface area contributed by atoms with Gasteiger partial charge in [-0.25, -0.2) is 4.98 Å². The molecule has 0 amide bonds. The van der Waals surface area contributed by atoms with E-state index in [1.54, 1.807) is 6.20 Å². The normalized spacial score (nSPS) is 18.4. The predicted molar refractivity (Wildman–Crippen MR) is 87.4 cm³/mol. The van der Waals surface area contributed by atoms with Crippen LogP contribution in [0.3, 0.4) is 0 Å². The number of hydrogen-bond acceptors (Lipinski definition) is 3. The number of rotatable bonds is 6. The summed E-state index contributed by atoms with van der Waals surface area (Å²) in [6.45, 7) is 2.99. The Morgan fingerprint density at radius 2 is 2.00 bits per heavy atom. The molecule has 2 N–H and O–H groups in total. The second-order valence-electron chi connectivity index (χ2n) is 6.24. The van der Waals surface area contributed by atoms with Gasteiger partial charge in [0, 0.05) is 12.4 Å². The molecular weight excluding hydrogens is 274 g/mol. The number of piperidine rings is 1. The molecule has 2 aromatic rings. The second-order valence-corrected chi connectivity index (χ2v) is 6.24. The van der Waals surface area contributed by atoms with Crippen molar-refractivity contribution in [1.82, 2.24) is 14.9 Å². The van der Waals surface area contributed by atoms with Crippen molar-refractivity contribution in [2.45, 2.75) is 38.3 Å². The zero-order valence-corrected chi connectivity index (χ0v) is 13.0. The zero-order valence-electron chi connectivity index (χ0n) is 13.0. The lowest BCUT2D eigenvalue weighted by atomic mass is 9.88. The number of imidazole rings is 1. The van der Waals surface area contributed by atoms with Crippen LogP contribution in [0.5, 0.6) is 0 Å². The van der Waals surface area contributed by atoms with Gasteiger partial charge in [-0.1, -0.05) is 30.3 Å². The number of nitrogens with one attached hydrogen (secondary N) is 1. The molecule has 118 valence electrons. The van der Waals surface area contributed by atoms with Gasteiger partial charge in [-0.15, -0.1) is 0 Å². The lowest BCUT2D eigenvalue weighted by Crippen LogP contribution is -2.37. The molecule has 22 heavy (non-hydrogen) atoms. The third kappa shape index (κ3) is 4.18. The number of nitrogens with zero attached hydrogens (tertiary/aromatic N) is 2. The Bertz CT molecular complexity index is 533. The highest BCUT2D eigenvalue weighted by atomic mass is 16.3. The fraction of sp³-hybridized carbons (Fsp3) is 0.500. The van der Waals surface area contributed by atoms with E-state index in [-0.39, 0.29) is 6.10 Å². The van der Waals surface area contributed by atoms with Crippen LogP contribution in [0.2, 0.25) is 0 Å². The Kier molecular flexibility index (Phi) is 5.24. The minimum atomic E-state index is -0.175. The summed E-state index contributed by atoms with van der Waals surface area (Å²) in [7, 11) is 0. The molecule has 0 unspecified atom stereocenters. The standard InChI is InChI=1S/C18H25N3O/c22-17(7-6-15-4-2-1-3-5-15)16-8-12-21(13-9-16)14-18-19-10-11-20-18/h1-5,10-11,16-17,22H,6-9,12-14H2,(H,19,20)/t17-/m0/s1. The number of aromatic nitrogens is 2. The van der Waals surface area contributed by atoms with Crippen LogP contribution in [-0.4, -0.2) is 39.2 Å². The Labute approximate surface area is 132 Å². The number of benzene rings is 1. The minimum Gasteiger partial charge on any atom is -0.393 e. The van der Waals surface area contributed by atoms with Crippen molar-refractivity contribution >= 4 is 0 Å². The van der Waals surface area contributed by atoms with Gasteiger partial charge in [-0.2, -0.15) is 0 Å². The highest BCUT2D eigenvalue weighted by molar-refractivity contribution is 5.14. The molecule has 2 heterocycles. The Hall–Kier alpha value is -1.65. The molecular formula is C18H25N3O. The van der Waals surface area contributed by atoms with Crippen LogP contribution in [0.15, 0.2) is 42.7 Å². The number of aromatic amines is 1. The van der Waals surface area contributed by atoms with E-state index in [1.807, 2.05) is 12.3 Å². The summed E-state index contributed by atoms with van der Waals surface area (Å²) in [5.41, 5.74) is 1.32. The zero-order chi connectivity index (χ0) is 15.2. The molecule has 3 rings (SSSR count). The highest BCUT2D eigenvalue weighted by Crippen LogP contribution is 2.24. The highest BCUT2D eigenvalue weighted by Gasteiger charge is 2.25. The van der Waals surface area contributed by atoms with Crippen molar-refractivity contribution in [3.8, 4) is 0 Å². The number of likely N-dealkylation sites (tertiary alicyclic amines) is 1. The average Bonchev–Trinajstić information content (AvgIpc) is 3.07. The van der Waals surface area contributed by atoms with E-state index >= 15 is 0 Å². The van der Waals surface area contributed by atoms with Gasteiger partial charge in [-0.05, 0) is 50.3 Å². The fourth-order valence-corrected chi connectivity index (χ4v) is 3.29. The molecule has 0 saturated carbocycles. The van der Waals surface area contributed by atoms with Crippen LogP contribution in [-0.2, 0) is 13.0 Å². The van der Waals surface area contributed by atoms with E-state index in [2.05, 4.69) is 39.1 Å². The molecule has 0 aliphatic carbocycles. The second kappa shape index (κ2) is 7.56. The lowest BCUT2D eigenvalue weighted by Gasteiger charge is -2.33.